The molecule has 0 aliphatic carbocycles. The van der Waals surface area contributed by atoms with Gasteiger partial charge >= 0.3 is 11.9 Å². The van der Waals surface area contributed by atoms with Crippen molar-refractivity contribution in [3.05, 3.63) is 83.1 Å². The van der Waals surface area contributed by atoms with Crippen LogP contribution in [-0.4, -0.2) is 118 Å². The van der Waals surface area contributed by atoms with Crippen molar-refractivity contribution in [2.24, 2.45) is 11.8 Å². The van der Waals surface area contributed by atoms with Gasteiger partial charge in [0, 0.05) is 11.1 Å². The highest BCUT2D eigenvalue weighted by Gasteiger charge is 2.47. The van der Waals surface area contributed by atoms with Crippen LogP contribution in [0.2, 0.25) is 0 Å². The Balaban J connectivity index is 1.89. The Morgan fingerprint density at radius 2 is 1.02 bits per heavy atom. The summed E-state index contributed by atoms with van der Waals surface area (Å²) >= 11 is 0. The van der Waals surface area contributed by atoms with Gasteiger partial charge in [-0.25, -0.2) is 9.59 Å². The lowest BCUT2D eigenvalue weighted by Gasteiger charge is -2.39. The molecule has 2 fully saturated rings. The second kappa shape index (κ2) is 19.8. The van der Waals surface area contributed by atoms with E-state index in [0.29, 0.717) is 12.6 Å². The molecule has 2 aliphatic heterocycles. The molecule has 48 heavy (non-hydrogen) atoms. The van der Waals surface area contributed by atoms with E-state index in [1.165, 1.54) is 26.0 Å². The highest BCUT2D eigenvalue weighted by molar-refractivity contribution is 5.88. The molecule has 0 spiro atoms. The van der Waals surface area contributed by atoms with Gasteiger partial charge in [0.25, 0.3) is 0 Å². The number of hydrogen-bond donors (Lipinski definition) is 6. The minimum Gasteiger partial charge on any atom is -0.431 e. The fourth-order valence-electron chi connectivity index (χ4n) is 4.48. The zero-order valence-corrected chi connectivity index (χ0v) is 27.1. The minimum absolute atomic E-state index is 0.170. The van der Waals surface area contributed by atoms with E-state index < -0.39 is 86.2 Å². The molecule has 0 radical (unpaired) electrons. The number of aliphatic hydroxyl groups is 6. The molecule has 2 aliphatic rings. The molecular formula is C34H44O14. The maximum absolute atomic E-state index is 12.5. The molecule has 0 unspecified atom stereocenters. The van der Waals surface area contributed by atoms with Gasteiger partial charge in [-0.05, 0) is 27.7 Å². The SMILES string of the molecule is CC(/C=C/C=C(\C)C(=O)O[C@@H]1O[C@H](CO)[C@@H](O)[C@H](C=O)[C@H]1O)=C\C=C\C=C(C)\C=C\C=C(/C)C(=O)O[C@@H]1O[C@H](CO)[C@@H](O)[C@H](O)[C@H]1C=O. The van der Waals surface area contributed by atoms with Crippen molar-refractivity contribution in [2.75, 3.05) is 13.2 Å². The number of allylic oxidation sites excluding steroid dienone is 12. The van der Waals surface area contributed by atoms with E-state index in [-0.39, 0.29) is 11.1 Å². The van der Waals surface area contributed by atoms with Crippen LogP contribution in [0.25, 0.3) is 0 Å². The Labute approximate surface area is 278 Å². The molecule has 2 rings (SSSR count). The predicted octanol–water partition coefficient (Wildman–Crippen LogP) is 0.0348. The first-order chi connectivity index (χ1) is 22.8. The van der Waals surface area contributed by atoms with Gasteiger partial charge < -0.3 is 59.2 Å². The lowest BCUT2D eigenvalue weighted by molar-refractivity contribution is -0.274. The Hall–Kier alpha value is -3.86. The van der Waals surface area contributed by atoms with Gasteiger partial charge in [-0.1, -0.05) is 71.9 Å². The number of aldehydes is 2. The molecule has 10 atom stereocenters. The first kappa shape index (κ1) is 40.3. The van der Waals surface area contributed by atoms with Crippen molar-refractivity contribution >= 4 is 24.5 Å². The smallest absolute Gasteiger partial charge is 0.336 e. The van der Waals surface area contributed by atoms with E-state index in [0.717, 1.165) is 11.1 Å². The highest BCUT2D eigenvalue weighted by atomic mass is 16.7. The number of rotatable bonds is 14. The fraction of sp³-hybridized carbons (Fsp3) is 0.471. The van der Waals surface area contributed by atoms with Crippen LogP contribution < -0.4 is 0 Å². The molecule has 14 nitrogen and oxygen atoms in total. The van der Waals surface area contributed by atoms with Gasteiger partial charge in [-0.15, -0.1) is 0 Å². The summed E-state index contributed by atoms with van der Waals surface area (Å²) in [5, 5.41) is 58.9. The highest BCUT2D eigenvalue weighted by Crippen LogP contribution is 2.27. The second-order valence-electron chi connectivity index (χ2n) is 11.3. The molecule has 0 aromatic rings. The van der Waals surface area contributed by atoms with Crippen molar-refractivity contribution in [1.82, 2.24) is 0 Å². The molecule has 0 amide bonds. The third-order valence-electron chi connectivity index (χ3n) is 7.51. The van der Waals surface area contributed by atoms with Gasteiger partial charge in [0.05, 0.1) is 31.3 Å². The first-order valence-corrected chi connectivity index (χ1v) is 15.1. The lowest BCUT2D eigenvalue weighted by atomic mass is 9.90. The van der Waals surface area contributed by atoms with Crippen LogP contribution in [0.5, 0.6) is 0 Å². The van der Waals surface area contributed by atoms with Gasteiger partial charge in [0.1, 0.15) is 42.9 Å². The van der Waals surface area contributed by atoms with E-state index in [1.807, 2.05) is 26.0 Å². The molecule has 2 heterocycles. The molecule has 2 saturated heterocycles. The van der Waals surface area contributed by atoms with Gasteiger partial charge in [0.15, 0.2) is 0 Å². The predicted molar refractivity (Wildman–Crippen MR) is 169 cm³/mol. The average molecular weight is 677 g/mol. The molecular weight excluding hydrogens is 632 g/mol. The van der Waals surface area contributed by atoms with E-state index in [9.17, 15) is 49.8 Å². The Bertz CT molecular complexity index is 1340. The largest absolute Gasteiger partial charge is 0.431 e. The molecule has 264 valence electrons. The summed E-state index contributed by atoms with van der Waals surface area (Å²) in [7, 11) is 0. The Kier molecular flexibility index (Phi) is 16.7. The van der Waals surface area contributed by atoms with Crippen molar-refractivity contribution in [1.29, 1.82) is 0 Å². The third kappa shape index (κ3) is 11.4. The molecule has 14 heteroatoms. The normalized spacial score (nSPS) is 32.5. The number of esters is 2. The zero-order chi connectivity index (χ0) is 36.0. The van der Waals surface area contributed by atoms with Crippen LogP contribution in [0.3, 0.4) is 0 Å². The summed E-state index contributed by atoms with van der Waals surface area (Å²) in [6.45, 7) is 5.35. The van der Waals surface area contributed by atoms with Crippen LogP contribution in [0.1, 0.15) is 27.7 Å². The molecule has 0 saturated carbocycles. The standard InChI is InChI=1S/C34H44O14/c1-19(11-7-13-21(3)31(43)47-33-24(16-36)28(40)30(42)26(18-38)45-33)9-5-6-10-20(2)12-8-14-22(4)32(44)48-34-29(41)23(15-35)27(39)25(17-37)46-34/h5-16,23-30,33-34,37-42H,17-18H2,1-4H3/b6-5+,11-7+,12-8+,19-9+,20-10+,21-13+,22-14+/t23-,24+,25+,26+,27-,28+,29+,30+,33-,34-/m0/s1. The van der Waals surface area contributed by atoms with Crippen molar-refractivity contribution in [2.45, 2.75) is 76.9 Å². The summed E-state index contributed by atoms with van der Waals surface area (Å²) in [6.07, 6.45) is 5.97. The van der Waals surface area contributed by atoms with Crippen LogP contribution in [0.15, 0.2) is 83.1 Å². The third-order valence-corrected chi connectivity index (χ3v) is 7.51. The van der Waals surface area contributed by atoms with Crippen LogP contribution >= 0.6 is 0 Å². The molecule has 6 N–H and O–H groups in total. The summed E-state index contributed by atoms with van der Waals surface area (Å²) < 4.78 is 20.9. The first-order valence-electron chi connectivity index (χ1n) is 15.1. The number of carbonyl (C=O) groups is 4. The van der Waals surface area contributed by atoms with Crippen LogP contribution in [-0.2, 0) is 38.1 Å². The van der Waals surface area contributed by atoms with Gasteiger partial charge in [-0.3, -0.25) is 0 Å². The maximum Gasteiger partial charge on any atom is 0.336 e. The number of aliphatic hydroxyl groups excluding tert-OH is 6. The summed E-state index contributed by atoms with van der Waals surface area (Å²) in [5.74, 6) is -4.24. The minimum atomic E-state index is -1.60. The van der Waals surface area contributed by atoms with E-state index in [1.54, 1.807) is 36.5 Å². The maximum atomic E-state index is 12.5. The number of carbonyl (C=O) groups excluding carboxylic acids is 4. The van der Waals surface area contributed by atoms with Crippen molar-refractivity contribution < 1.29 is 68.8 Å². The van der Waals surface area contributed by atoms with Crippen LogP contribution in [0.4, 0.5) is 0 Å². The van der Waals surface area contributed by atoms with Gasteiger partial charge in [0.2, 0.25) is 12.6 Å². The molecule has 0 aromatic carbocycles. The summed E-state index contributed by atoms with van der Waals surface area (Å²) in [4.78, 5) is 47.5. The Morgan fingerprint density at radius 3 is 1.48 bits per heavy atom. The van der Waals surface area contributed by atoms with E-state index in [2.05, 4.69) is 0 Å². The Morgan fingerprint density at radius 1 is 0.583 bits per heavy atom. The van der Waals surface area contributed by atoms with E-state index >= 15 is 0 Å². The van der Waals surface area contributed by atoms with Crippen molar-refractivity contribution in [3.8, 4) is 0 Å². The monoisotopic (exact) mass is 676 g/mol. The average Bonchev–Trinajstić information content (AvgIpc) is 3.06. The van der Waals surface area contributed by atoms with Gasteiger partial charge in [-0.2, -0.15) is 0 Å². The zero-order valence-electron chi connectivity index (χ0n) is 27.1. The summed E-state index contributed by atoms with van der Waals surface area (Å²) in [6, 6.07) is 0. The molecule has 0 aromatic heterocycles. The van der Waals surface area contributed by atoms with Crippen LogP contribution in [0, 0.1) is 11.8 Å². The quantitative estimate of drug-likeness (QED) is 0.0618. The molecule has 0 bridgehead atoms. The van der Waals surface area contributed by atoms with Crippen molar-refractivity contribution in [3.63, 3.8) is 0 Å². The lowest BCUT2D eigenvalue weighted by Crippen LogP contribution is -2.57. The summed E-state index contributed by atoms with van der Waals surface area (Å²) in [5.41, 5.74) is 2.03. The topological polar surface area (TPSA) is 227 Å². The number of hydrogen-bond acceptors (Lipinski definition) is 14. The number of ether oxygens (including phenoxy) is 4. The second-order valence-corrected chi connectivity index (χ2v) is 11.3. The van der Waals surface area contributed by atoms with E-state index in [4.69, 9.17) is 18.9 Å². The fourth-order valence-corrected chi connectivity index (χ4v) is 4.48.